The summed E-state index contributed by atoms with van der Waals surface area (Å²) in [5.74, 6) is 1.54. The Balaban J connectivity index is 1.68. The molecule has 0 bridgehead atoms. The van der Waals surface area contributed by atoms with Crippen LogP contribution in [0.5, 0.6) is 5.75 Å². The highest BCUT2D eigenvalue weighted by Crippen LogP contribution is 2.26. The molecule has 6 heteroatoms. The number of nitrogens with one attached hydrogen (secondary N) is 1. The summed E-state index contributed by atoms with van der Waals surface area (Å²) in [5.41, 5.74) is 5.10. The van der Waals surface area contributed by atoms with E-state index in [1.54, 1.807) is 37.6 Å². The van der Waals surface area contributed by atoms with Crippen molar-refractivity contribution in [1.82, 2.24) is 5.43 Å². The van der Waals surface area contributed by atoms with Crippen LogP contribution in [-0.4, -0.2) is 26.4 Å². The first-order valence-corrected chi connectivity index (χ1v) is 8.38. The van der Waals surface area contributed by atoms with Crippen molar-refractivity contribution in [2.75, 3.05) is 14.2 Å². The number of benzene rings is 2. The summed E-state index contributed by atoms with van der Waals surface area (Å²) < 4.78 is 15.9. The molecule has 27 heavy (non-hydrogen) atoms. The van der Waals surface area contributed by atoms with Crippen molar-refractivity contribution in [1.29, 1.82) is 0 Å². The van der Waals surface area contributed by atoms with Crippen molar-refractivity contribution in [3.05, 3.63) is 77.6 Å². The normalized spacial score (nSPS) is 10.7. The zero-order valence-corrected chi connectivity index (χ0v) is 15.1. The Labute approximate surface area is 157 Å². The maximum absolute atomic E-state index is 11.9. The zero-order valence-electron chi connectivity index (χ0n) is 15.1. The highest BCUT2D eigenvalue weighted by molar-refractivity contribution is 5.96. The van der Waals surface area contributed by atoms with Gasteiger partial charge in [0, 0.05) is 11.1 Å². The van der Waals surface area contributed by atoms with Crippen LogP contribution in [0.4, 0.5) is 0 Å². The molecule has 0 saturated carbocycles. The van der Waals surface area contributed by atoms with E-state index in [1.807, 2.05) is 36.4 Å². The molecule has 0 spiro atoms. The monoisotopic (exact) mass is 364 g/mol. The van der Waals surface area contributed by atoms with E-state index in [2.05, 4.69) is 10.5 Å². The fourth-order valence-electron chi connectivity index (χ4n) is 2.64. The number of carbonyl (C=O) groups is 1. The Morgan fingerprint density at radius 3 is 2.67 bits per heavy atom. The fourth-order valence-corrected chi connectivity index (χ4v) is 2.64. The minimum atomic E-state index is -0.407. The van der Waals surface area contributed by atoms with E-state index < -0.39 is 5.97 Å². The number of hydrogen-bond acceptors (Lipinski definition) is 6. The Hall–Kier alpha value is -3.54. The molecule has 0 aliphatic heterocycles. The van der Waals surface area contributed by atoms with E-state index in [1.165, 1.54) is 7.11 Å². The van der Waals surface area contributed by atoms with E-state index in [9.17, 15) is 4.79 Å². The zero-order chi connectivity index (χ0) is 19.1. The molecule has 0 radical (unpaired) electrons. The number of ether oxygens (including phenoxy) is 2. The Bertz CT molecular complexity index is 947. The summed E-state index contributed by atoms with van der Waals surface area (Å²) in [6.07, 6.45) is 1.58. The van der Waals surface area contributed by atoms with Crippen LogP contribution in [0, 0.1) is 0 Å². The van der Waals surface area contributed by atoms with Crippen LogP contribution >= 0.6 is 0 Å². The molecule has 0 fully saturated rings. The average molecular weight is 364 g/mol. The highest BCUT2D eigenvalue weighted by Gasteiger charge is 2.14. The third-order valence-corrected chi connectivity index (χ3v) is 3.97. The second-order valence-corrected chi connectivity index (χ2v) is 5.64. The van der Waals surface area contributed by atoms with Crippen LogP contribution in [0.15, 0.2) is 70.2 Å². The first-order valence-electron chi connectivity index (χ1n) is 8.38. The van der Waals surface area contributed by atoms with Gasteiger partial charge in [-0.3, -0.25) is 0 Å². The van der Waals surface area contributed by atoms with Crippen LogP contribution < -0.4 is 10.2 Å². The summed E-state index contributed by atoms with van der Waals surface area (Å²) >= 11 is 0. The molecule has 138 valence electrons. The number of hydrogen-bond donors (Lipinski definition) is 1. The molecule has 1 N–H and O–H groups in total. The minimum absolute atomic E-state index is 0.407. The van der Waals surface area contributed by atoms with Crippen molar-refractivity contribution < 1.29 is 18.7 Å². The highest BCUT2D eigenvalue weighted by atomic mass is 16.5. The molecule has 0 aliphatic rings. The molecule has 3 rings (SSSR count). The number of methoxy groups -OCH3 is 2. The molecule has 0 atom stereocenters. The van der Waals surface area contributed by atoms with E-state index in [0.717, 1.165) is 11.3 Å². The molecule has 3 aromatic rings. The van der Waals surface area contributed by atoms with Crippen molar-refractivity contribution in [2.45, 2.75) is 6.54 Å². The van der Waals surface area contributed by atoms with E-state index >= 15 is 0 Å². The van der Waals surface area contributed by atoms with Gasteiger partial charge in [0.15, 0.2) is 0 Å². The predicted octanol–water partition coefficient (Wildman–Crippen LogP) is 3.87. The van der Waals surface area contributed by atoms with Gasteiger partial charge in [-0.15, -0.1) is 0 Å². The SMILES string of the molecule is COC(=O)c1ccccc1-c1ccc(/C=N/NCc2ccccc2OC)o1. The summed E-state index contributed by atoms with van der Waals surface area (Å²) in [4.78, 5) is 11.9. The van der Waals surface area contributed by atoms with Gasteiger partial charge in [-0.05, 0) is 24.3 Å². The molecule has 1 aromatic heterocycles. The van der Waals surface area contributed by atoms with Gasteiger partial charge in [-0.25, -0.2) is 4.79 Å². The molecular weight excluding hydrogens is 344 g/mol. The summed E-state index contributed by atoms with van der Waals surface area (Å²) in [6.45, 7) is 0.527. The Morgan fingerprint density at radius 1 is 1.07 bits per heavy atom. The van der Waals surface area contributed by atoms with E-state index in [4.69, 9.17) is 13.9 Å². The number of hydrazone groups is 1. The smallest absolute Gasteiger partial charge is 0.338 e. The van der Waals surface area contributed by atoms with Crippen molar-refractivity contribution >= 4 is 12.2 Å². The maximum atomic E-state index is 11.9. The average Bonchev–Trinajstić information content (AvgIpc) is 3.19. The topological polar surface area (TPSA) is 73.1 Å². The summed E-state index contributed by atoms with van der Waals surface area (Å²) in [6, 6.07) is 18.5. The number of rotatable bonds is 7. The molecule has 6 nitrogen and oxygen atoms in total. The standard InChI is InChI=1S/C21H20N2O4/c1-25-19-10-6-3-7-15(19)13-22-23-14-16-11-12-20(27-16)17-8-4-5-9-18(17)21(24)26-2/h3-12,14,22H,13H2,1-2H3/b23-14+. The Morgan fingerprint density at radius 2 is 1.85 bits per heavy atom. The van der Waals surface area contributed by atoms with E-state index in [-0.39, 0.29) is 0 Å². The quantitative estimate of drug-likeness (QED) is 0.391. The molecule has 0 aliphatic carbocycles. The molecule has 1 heterocycles. The molecule has 0 saturated heterocycles. The lowest BCUT2D eigenvalue weighted by Gasteiger charge is -2.07. The van der Waals surface area contributed by atoms with Gasteiger partial charge in [0.25, 0.3) is 0 Å². The van der Waals surface area contributed by atoms with Gasteiger partial charge in [0.1, 0.15) is 17.3 Å². The molecule has 0 unspecified atom stereocenters. The predicted molar refractivity (Wildman–Crippen MR) is 103 cm³/mol. The first kappa shape index (κ1) is 18.3. The number of carbonyl (C=O) groups excluding carboxylic acids is 1. The van der Waals surface area contributed by atoms with Crippen molar-refractivity contribution in [2.24, 2.45) is 5.10 Å². The van der Waals surface area contributed by atoms with Crippen LogP contribution in [0.1, 0.15) is 21.7 Å². The lowest BCUT2D eigenvalue weighted by atomic mass is 10.1. The van der Waals surface area contributed by atoms with Gasteiger partial charge in [0.2, 0.25) is 0 Å². The minimum Gasteiger partial charge on any atom is -0.496 e. The largest absolute Gasteiger partial charge is 0.496 e. The second kappa shape index (κ2) is 8.71. The number of esters is 1. The van der Waals surface area contributed by atoms with Crippen LogP contribution in [-0.2, 0) is 11.3 Å². The summed E-state index contributed by atoms with van der Waals surface area (Å²) in [7, 11) is 2.99. The van der Waals surface area contributed by atoms with Gasteiger partial charge in [0.05, 0.1) is 32.5 Å². The van der Waals surface area contributed by atoms with E-state index in [0.29, 0.717) is 29.2 Å². The third-order valence-electron chi connectivity index (χ3n) is 3.97. The van der Waals surface area contributed by atoms with Gasteiger partial charge >= 0.3 is 5.97 Å². The number of furan rings is 1. The van der Waals surface area contributed by atoms with Gasteiger partial charge in [-0.2, -0.15) is 5.10 Å². The summed E-state index contributed by atoms with van der Waals surface area (Å²) in [5, 5.41) is 4.18. The number of para-hydroxylation sites is 1. The van der Waals surface area contributed by atoms with Crippen molar-refractivity contribution in [3.63, 3.8) is 0 Å². The first-order chi connectivity index (χ1) is 13.2. The molecule has 0 amide bonds. The van der Waals surface area contributed by atoms with Crippen LogP contribution in [0.25, 0.3) is 11.3 Å². The molecule has 2 aromatic carbocycles. The maximum Gasteiger partial charge on any atom is 0.338 e. The lowest BCUT2D eigenvalue weighted by Crippen LogP contribution is -2.06. The number of nitrogens with zero attached hydrogens (tertiary/aromatic N) is 1. The lowest BCUT2D eigenvalue weighted by molar-refractivity contribution is 0.0601. The Kier molecular flexibility index (Phi) is 5.89. The van der Waals surface area contributed by atoms with Crippen LogP contribution in [0.2, 0.25) is 0 Å². The van der Waals surface area contributed by atoms with Crippen LogP contribution in [0.3, 0.4) is 0 Å². The molecular formula is C21H20N2O4. The van der Waals surface area contributed by atoms with Gasteiger partial charge in [-0.1, -0.05) is 36.4 Å². The third kappa shape index (κ3) is 4.36. The second-order valence-electron chi connectivity index (χ2n) is 5.64. The van der Waals surface area contributed by atoms with Gasteiger partial charge < -0.3 is 19.3 Å². The van der Waals surface area contributed by atoms with Crippen molar-refractivity contribution in [3.8, 4) is 17.1 Å². The fraction of sp³-hybridized carbons (Fsp3) is 0.143.